The predicted molar refractivity (Wildman–Crippen MR) is 77.1 cm³/mol. The third kappa shape index (κ3) is 3.35. The number of nitrogen functional groups attached to an aromatic ring is 1. The quantitative estimate of drug-likeness (QED) is 0.666. The molecule has 2 aromatic rings. The molecule has 0 atom stereocenters. The average molecular weight is 291 g/mol. The first kappa shape index (κ1) is 16.7. The number of hydrogen-bond donors (Lipinski definition) is 2. The van der Waals surface area contributed by atoms with E-state index < -0.39 is 0 Å². The molecule has 0 saturated heterocycles. The molecule has 1 aromatic heterocycles. The van der Waals surface area contributed by atoms with Crippen LogP contribution in [0.3, 0.4) is 0 Å². The number of fused-ring (bicyclic) bond motifs is 1. The van der Waals surface area contributed by atoms with Gasteiger partial charge in [-0.05, 0) is 18.2 Å². The first-order chi connectivity index (χ1) is 7.72. The van der Waals surface area contributed by atoms with E-state index in [2.05, 4.69) is 4.98 Å². The molecule has 0 saturated carbocycles. The van der Waals surface area contributed by atoms with E-state index in [4.69, 9.17) is 15.9 Å². The van der Waals surface area contributed by atoms with Crippen molar-refractivity contribution in [1.29, 1.82) is 5.41 Å². The second-order valence-electron chi connectivity index (χ2n) is 3.55. The van der Waals surface area contributed by atoms with Gasteiger partial charge >= 0.3 is 0 Å². The third-order valence-electron chi connectivity index (χ3n) is 2.47. The van der Waals surface area contributed by atoms with Gasteiger partial charge in [-0.15, -0.1) is 24.8 Å². The summed E-state index contributed by atoms with van der Waals surface area (Å²) < 4.78 is 7.04. The topological polar surface area (TPSA) is 76.9 Å². The van der Waals surface area contributed by atoms with E-state index in [1.807, 2.05) is 22.8 Å². The Kier molecular flexibility index (Phi) is 6.68. The first-order valence-corrected chi connectivity index (χ1v) is 5.00. The minimum atomic E-state index is 0. The Bertz CT molecular complexity index is 527. The van der Waals surface area contributed by atoms with E-state index in [-0.39, 0.29) is 30.6 Å². The van der Waals surface area contributed by atoms with Crippen LogP contribution in [0.1, 0.15) is 5.56 Å². The first-order valence-electron chi connectivity index (χ1n) is 5.00. The molecule has 1 aromatic carbocycles. The zero-order valence-electron chi connectivity index (χ0n) is 9.92. The van der Waals surface area contributed by atoms with Crippen LogP contribution in [0, 0.1) is 5.41 Å². The number of aromatic nitrogens is 2. The van der Waals surface area contributed by atoms with Gasteiger partial charge < -0.3 is 15.0 Å². The zero-order chi connectivity index (χ0) is 11.5. The van der Waals surface area contributed by atoms with Gasteiger partial charge in [-0.1, -0.05) is 0 Å². The van der Waals surface area contributed by atoms with E-state index in [1.54, 1.807) is 13.4 Å². The fourth-order valence-corrected chi connectivity index (χ4v) is 1.60. The number of amidine groups is 1. The summed E-state index contributed by atoms with van der Waals surface area (Å²) in [6.45, 7) is 1.42. The number of nitrogens with one attached hydrogen (secondary N) is 1. The molecule has 0 spiro atoms. The lowest BCUT2D eigenvalue weighted by molar-refractivity contribution is 0.188. The molecule has 0 fully saturated rings. The highest BCUT2D eigenvalue weighted by atomic mass is 35.5. The highest BCUT2D eigenvalue weighted by Gasteiger charge is 2.04. The molecule has 5 nitrogen and oxygen atoms in total. The molecule has 0 aliphatic heterocycles. The monoisotopic (exact) mass is 290 g/mol. The summed E-state index contributed by atoms with van der Waals surface area (Å²) >= 11 is 0. The summed E-state index contributed by atoms with van der Waals surface area (Å²) in [5.74, 6) is 0.0633. The van der Waals surface area contributed by atoms with Crippen molar-refractivity contribution in [2.75, 3.05) is 13.7 Å². The van der Waals surface area contributed by atoms with Crippen molar-refractivity contribution in [3.8, 4) is 0 Å². The number of nitrogens with zero attached hydrogens (tertiary/aromatic N) is 2. The maximum absolute atomic E-state index is 7.35. The van der Waals surface area contributed by atoms with Crippen LogP contribution in [0.15, 0.2) is 24.5 Å². The number of ether oxygens (including phenoxy) is 1. The Morgan fingerprint density at radius 3 is 2.78 bits per heavy atom. The molecule has 3 N–H and O–H groups in total. The van der Waals surface area contributed by atoms with E-state index in [9.17, 15) is 0 Å². The van der Waals surface area contributed by atoms with Crippen LogP contribution in [0.25, 0.3) is 11.0 Å². The average Bonchev–Trinajstić information content (AvgIpc) is 2.68. The summed E-state index contributed by atoms with van der Waals surface area (Å²) in [5, 5.41) is 7.35. The summed E-state index contributed by atoms with van der Waals surface area (Å²) in [7, 11) is 1.67. The van der Waals surface area contributed by atoms with Gasteiger partial charge in [0.1, 0.15) is 5.84 Å². The standard InChI is InChI=1S/C11H14N4O.2ClH/c1-16-5-4-15-7-14-9-6-8(11(12)13)2-3-10(9)15;;/h2-3,6-7H,4-5H2,1H3,(H3,12,13);2*1H. The fraction of sp³-hybridized carbons (Fsp3) is 0.273. The van der Waals surface area contributed by atoms with Crippen LogP contribution in [-0.4, -0.2) is 29.1 Å². The van der Waals surface area contributed by atoms with Gasteiger partial charge in [-0.2, -0.15) is 0 Å². The molecule has 0 bridgehead atoms. The number of hydrogen-bond acceptors (Lipinski definition) is 3. The van der Waals surface area contributed by atoms with Gasteiger partial charge in [-0.3, -0.25) is 5.41 Å². The highest BCUT2D eigenvalue weighted by molar-refractivity contribution is 5.97. The minimum Gasteiger partial charge on any atom is -0.384 e. The second-order valence-corrected chi connectivity index (χ2v) is 3.55. The van der Waals surface area contributed by atoms with E-state index in [0.29, 0.717) is 12.2 Å². The van der Waals surface area contributed by atoms with Gasteiger partial charge in [0, 0.05) is 19.2 Å². The largest absolute Gasteiger partial charge is 0.384 e. The smallest absolute Gasteiger partial charge is 0.122 e. The maximum atomic E-state index is 7.35. The lowest BCUT2D eigenvalue weighted by Gasteiger charge is -2.03. The third-order valence-corrected chi connectivity index (χ3v) is 2.47. The molecule has 18 heavy (non-hydrogen) atoms. The lowest BCUT2D eigenvalue weighted by Crippen LogP contribution is -2.10. The summed E-state index contributed by atoms with van der Waals surface area (Å²) in [4.78, 5) is 4.27. The number of benzene rings is 1. The van der Waals surface area contributed by atoms with Crippen LogP contribution in [0.5, 0.6) is 0 Å². The van der Waals surface area contributed by atoms with Crippen molar-refractivity contribution >= 4 is 41.7 Å². The number of rotatable bonds is 4. The van der Waals surface area contributed by atoms with E-state index >= 15 is 0 Å². The van der Waals surface area contributed by atoms with Gasteiger partial charge in [0.2, 0.25) is 0 Å². The van der Waals surface area contributed by atoms with Crippen LogP contribution < -0.4 is 5.73 Å². The molecule has 0 aliphatic carbocycles. The molecule has 2 rings (SSSR count). The van der Waals surface area contributed by atoms with Crippen LogP contribution in [-0.2, 0) is 11.3 Å². The Hall–Kier alpha value is -1.30. The van der Waals surface area contributed by atoms with E-state index in [0.717, 1.165) is 17.6 Å². The SMILES string of the molecule is COCCn1cnc2cc(C(=N)N)ccc21.Cl.Cl. The van der Waals surface area contributed by atoms with Crippen molar-refractivity contribution < 1.29 is 4.74 Å². The van der Waals surface area contributed by atoms with E-state index in [1.165, 1.54) is 0 Å². The highest BCUT2D eigenvalue weighted by Crippen LogP contribution is 2.14. The van der Waals surface area contributed by atoms with Crippen LogP contribution >= 0.6 is 24.8 Å². The number of halogens is 2. The molecule has 7 heteroatoms. The van der Waals surface area contributed by atoms with Crippen LogP contribution in [0.4, 0.5) is 0 Å². The normalized spacial score (nSPS) is 9.61. The van der Waals surface area contributed by atoms with Crippen molar-refractivity contribution in [2.24, 2.45) is 5.73 Å². The fourth-order valence-electron chi connectivity index (χ4n) is 1.60. The summed E-state index contributed by atoms with van der Waals surface area (Å²) in [6, 6.07) is 5.57. The van der Waals surface area contributed by atoms with Crippen molar-refractivity contribution in [3.05, 3.63) is 30.1 Å². The predicted octanol–water partition coefficient (Wildman–Crippen LogP) is 1.81. The molecule has 1 heterocycles. The van der Waals surface area contributed by atoms with Crippen LogP contribution in [0.2, 0.25) is 0 Å². The number of nitrogens with two attached hydrogens (primary N) is 1. The molecule has 100 valence electrons. The number of imidazole rings is 1. The van der Waals surface area contributed by atoms with Crippen molar-refractivity contribution in [1.82, 2.24) is 9.55 Å². The van der Waals surface area contributed by atoms with Gasteiger partial charge in [-0.25, -0.2) is 4.98 Å². The van der Waals surface area contributed by atoms with Crippen molar-refractivity contribution in [2.45, 2.75) is 6.54 Å². The molecule has 0 aliphatic rings. The van der Waals surface area contributed by atoms with Gasteiger partial charge in [0.05, 0.1) is 24.0 Å². The Morgan fingerprint density at radius 2 is 2.17 bits per heavy atom. The lowest BCUT2D eigenvalue weighted by atomic mass is 10.2. The zero-order valence-corrected chi connectivity index (χ0v) is 11.6. The Morgan fingerprint density at radius 1 is 1.44 bits per heavy atom. The second kappa shape index (κ2) is 7.20. The molecule has 0 amide bonds. The van der Waals surface area contributed by atoms with Gasteiger partial charge in [0.25, 0.3) is 0 Å². The summed E-state index contributed by atoms with van der Waals surface area (Å²) in [6.07, 6.45) is 1.77. The molecule has 0 radical (unpaired) electrons. The summed E-state index contributed by atoms with van der Waals surface area (Å²) in [5.41, 5.74) is 8.00. The minimum absolute atomic E-state index is 0. The molecular weight excluding hydrogens is 275 g/mol. The molecule has 0 unspecified atom stereocenters. The van der Waals surface area contributed by atoms with Gasteiger partial charge in [0.15, 0.2) is 0 Å². The Labute approximate surface area is 118 Å². The Balaban J connectivity index is 0.00000144. The van der Waals surface area contributed by atoms with Crippen molar-refractivity contribution in [3.63, 3.8) is 0 Å². The maximum Gasteiger partial charge on any atom is 0.122 e. The number of methoxy groups -OCH3 is 1. The molecular formula is C11H16Cl2N4O.